The maximum Gasteiger partial charge on any atom is 0.229 e. The highest BCUT2D eigenvalue weighted by molar-refractivity contribution is 5.83. The van der Waals surface area contributed by atoms with Gasteiger partial charge in [-0.05, 0) is 37.1 Å². The molecule has 0 radical (unpaired) electrons. The Morgan fingerprint density at radius 3 is 2.58 bits per heavy atom. The first-order chi connectivity index (χ1) is 11.5. The highest BCUT2D eigenvalue weighted by Crippen LogP contribution is 2.20. The van der Waals surface area contributed by atoms with Gasteiger partial charge in [-0.1, -0.05) is 48.0 Å². The topological polar surface area (TPSA) is 33.2 Å². The number of hydrogen-bond donors (Lipinski definition) is 0. The van der Waals surface area contributed by atoms with Crippen LogP contribution in [0.15, 0.2) is 60.8 Å². The maximum atomic E-state index is 12.7. The number of fused-ring (bicyclic) bond motifs is 1. The Hall–Kier alpha value is -2.68. The highest BCUT2D eigenvalue weighted by atomic mass is 16.2. The summed E-state index contributed by atoms with van der Waals surface area (Å²) >= 11 is 0. The number of likely N-dealkylation sites (N-methyl/N-ethyl adjacent to an activating group) is 1. The van der Waals surface area contributed by atoms with Gasteiger partial charge >= 0.3 is 0 Å². The fourth-order valence-electron chi connectivity index (χ4n) is 2.88. The van der Waals surface area contributed by atoms with Gasteiger partial charge in [-0.15, -0.1) is 0 Å². The smallest absolute Gasteiger partial charge is 0.229 e. The fraction of sp³-hybridized carbons (Fsp3) is 0.238. The van der Waals surface area contributed by atoms with Crippen molar-refractivity contribution in [1.29, 1.82) is 0 Å². The Balaban J connectivity index is 1.73. The van der Waals surface area contributed by atoms with Crippen LogP contribution < -0.4 is 0 Å². The Labute approximate surface area is 143 Å². The number of hydrogen-bond acceptors (Lipinski definition) is 2. The molecular weight excluding hydrogens is 296 g/mol. The maximum absolute atomic E-state index is 12.7. The molecule has 0 unspecified atom stereocenters. The molecule has 3 aromatic rings. The molecule has 0 aliphatic rings. The second-order valence-electron chi connectivity index (χ2n) is 6.36. The Bertz CT molecular complexity index is 855. The minimum Gasteiger partial charge on any atom is -0.341 e. The molecule has 0 saturated carbocycles. The molecular formula is C21H22N2O. The van der Waals surface area contributed by atoms with Crippen LogP contribution in [0.4, 0.5) is 0 Å². The summed E-state index contributed by atoms with van der Waals surface area (Å²) in [6, 6.07) is 18.3. The largest absolute Gasteiger partial charge is 0.341 e. The minimum atomic E-state index is -0.149. The molecule has 3 rings (SSSR count). The second-order valence-corrected chi connectivity index (χ2v) is 6.36. The number of nitrogens with zero attached hydrogens (tertiary/aromatic N) is 2. The van der Waals surface area contributed by atoms with E-state index in [4.69, 9.17) is 0 Å². The molecule has 122 valence electrons. The van der Waals surface area contributed by atoms with E-state index in [1.54, 1.807) is 4.90 Å². The van der Waals surface area contributed by atoms with Gasteiger partial charge < -0.3 is 4.90 Å². The van der Waals surface area contributed by atoms with E-state index in [9.17, 15) is 4.79 Å². The molecule has 3 heteroatoms. The summed E-state index contributed by atoms with van der Waals surface area (Å²) in [5.41, 5.74) is 4.27. The molecule has 1 amide bonds. The molecule has 0 saturated heterocycles. The predicted molar refractivity (Wildman–Crippen MR) is 97.8 cm³/mol. The summed E-state index contributed by atoms with van der Waals surface area (Å²) in [5, 5.41) is 1.10. The van der Waals surface area contributed by atoms with Crippen molar-refractivity contribution in [2.24, 2.45) is 0 Å². The fourth-order valence-corrected chi connectivity index (χ4v) is 2.88. The zero-order valence-corrected chi connectivity index (χ0v) is 14.4. The second kappa shape index (κ2) is 6.83. The van der Waals surface area contributed by atoms with Crippen molar-refractivity contribution in [3.8, 4) is 0 Å². The molecule has 24 heavy (non-hydrogen) atoms. The van der Waals surface area contributed by atoms with E-state index in [0.29, 0.717) is 6.54 Å². The van der Waals surface area contributed by atoms with Crippen molar-refractivity contribution in [2.45, 2.75) is 26.3 Å². The third-order valence-electron chi connectivity index (χ3n) is 4.39. The molecule has 0 N–H and O–H groups in total. The first-order valence-corrected chi connectivity index (χ1v) is 8.20. The van der Waals surface area contributed by atoms with Crippen LogP contribution in [-0.4, -0.2) is 22.8 Å². The monoisotopic (exact) mass is 318 g/mol. The molecule has 0 aliphatic carbocycles. The Morgan fingerprint density at radius 2 is 1.83 bits per heavy atom. The van der Waals surface area contributed by atoms with Gasteiger partial charge in [-0.3, -0.25) is 9.78 Å². The van der Waals surface area contributed by atoms with E-state index >= 15 is 0 Å². The normalized spacial score (nSPS) is 12.1. The minimum absolute atomic E-state index is 0.118. The lowest BCUT2D eigenvalue weighted by Gasteiger charge is -2.22. The van der Waals surface area contributed by atoms with Crippen LogP contribution in [0.25, 0.3) is 10.9 Å². The first kappa shape index (κ1) is 16.2. The lowest BCUT2D eigenvalue weighted by Crippen LogP contribution is -2.30. The standard InChI is InChI=1S/C21H22N2O/c1-15-8-10-18(11-9-15)16(2)21(24)23(3)14-17-12-19-6-4-5-7-20(19)22-13-17/h4-13,16H,14H2,1-3H3/t16-/m1/s1. The van der Waals surface area contributed by atoms with Crippen molar-refractivity contribution >= 4 is 16.8 Å². The Morgan fingerprint density at radius 1 is 1.12 bits per heavy atom. The number of aromatic nitrogens is 1. The van der Waals surface area contributed by atoms with Crippen LogP contribution in [0.1, 0.15) is 29.5 Å². The van der Waals surface area contributed by atoms with Crippen LogP contribution in [0.3, 0.4) is 0 Å². The summed E-state index contributed by atoms with van der Waals surface area (Å²) in [7, 11) is 1.85. The summed E-state index contributed by atoms with van der Waals surface area (Å²) in [5.74, 6) is -0.0315. The molecule has 0 bridgehead atoms. The summed E-state index contributed by atoms with van der Waals surface area (Å²) < 4.78 is 0. The van der Waals surface area contributed by atoms with Crippen molar-refractivity contribution < 1.29 is 4.79 Å². The van der Waals surface area contributed by atoms with Gasteiger partial charge in [0.15, 0.2) is 0 Å². The van der Waals surface area contributed by atoms with Gasteiger partial charge in [0, 0.05) is 25.2 Å². The van der Waals surface area contributed by atoms with Crippen LogP contribution in [0, 0.1) is 6.92 Å². The number of para-hydroxylation sites is 1. The average Bonchev–Trinajstić information content (AvgIpc) is 2.61. The van der Waals surface area contributed by atoms with E-state index in [1.165, 1.54) is 5.56 Å². The van der Waals surface area contributed by atoms with E-state index in [2.05, 4.69) is 18.0 Å². The number of carbonyl (C=O) groups is 1. The van der Waals surface area contributed by atoms with Gasteiger partial charge in [-0.2, -0.15) is 0 Å². The van der Waals surface area contributed by atoms with Gasteiger partial charge in [0.25, 0.3) is 0 Å². The number of amides is 1. The highest BCUT2D eigenvalue weighted by Gasteiger charge is 2.19. The average molecular weight is 318 g/mol. The van der Waals surface area contributed by atoms with Crippen LogP contribution in [0.2, 0.25) is 0 Å². The molecule has 0 aliphatic heterocycles. The zero-order chi connectivity index (χ0) is 17.1. The zero-order valence-electron chi connectivity index (χ0n) is 14.4. The van der Waals surface area contributed by atoms with Crippen molar-refractivity contribution in [3.63, 3.8) is 0 Å². The van der Waals surface area contributed by atoms with Crippen LogP contribution in [-0.2, 0) is 11.3 Å². The quantitative estimate of drug-likeness (QED) is 0.718. The number of carbonyl (C=O) groups excluding carboxylic acids is 1. The van der Waals surface area contributed by atoms with E-state index in [0.717, 1.165) is 22.0 Å². The molecule has 1 heterocycles. The van der Waals surface area contributed by atoms with Crippen molar-refractivity contribution in [3.05, 3.63) is 77.5 Å². The van der Waals surface area contributed by atoms with E-state index in [1.807, 2.05) is 68.7 Å². The molecule has 3 nitrogen and oxygen atoms in total. The van der Waals surface area contributed by atoms with Crippen molar-refractivity contribution in [1.82, 2.24) is 9.88 Å². The van der Waals surface area contributed by atoms with Gasteiger partial charge in [-0.25, -0.2) is 0 Å². The molecule has 1 aromatic heterocycles. The lowest BCUT2D eigenvalue weighted by molar-refractivity contribution is -0.131. The number of pyridine rings is 1. The number of aryl methyl sites for hydroxylation is 1. The van der Waals surface area contributed by atoms with Crippen molar-refractivity contribution in [2.75, 3.05) is 7.05 Å². The summed E-state index contributed by atoms with van der Waals surface area (Å²) in [6.45, 7) is 4.57. The van der Waals surface area contributed by atoms with Gasteiger partial charge in [0.1, 0.15) is 0 Å². The van der Waals surface area contributed by atoms with Crippen LogP contribution >= 0.6 is 0 Å². The molecule has 1 atom stereocenters. The Kier molecular flexibility index (Phi) is 4.61. The molecule has 0 fully saturated rings. The molecule has 0 spiro atoms. The summed E-state index contributed by atoms with van der Waals surface area (Å²) in [6.07, 6.45) is 1.85. The lowest BCUT2D eigenvalue weighted by atomic mass is 9.98. The first-order valence-electron chi connectivity index (χ1n) is 8.20. The van der Waals surface area contributed by atoms with E-state index in [-0.39, 0.29) is 11.8 Å². The summed E-state index contributed by atoms with van der Waals surface area (Å²) in [4.78, 5) is 18.9. The molecule has 2 aromatic carbocycles. The van der Waals surface area contributed by atoms with E-state index < -0.39 is 0 Å². The van der Waals surface area contributed by atoms with Gasteiger partial charge in [0.05, 0.1) is 11.4 Å². The van der Waals surface area contributed by atoms with Crippen LogP contribution in [0.5, 0.6) is 0 Å². The number of rotatable bonds is 4. The van der Waals surface area contributed by atoms with Gasteiger partial charge in [0.2, 0.25) is 5.91 Å². The SMILES string of the molecule is Cc1ccc([C@@H](C)C(=O)N(C)Cc2cnc3ccccc3c2)cc1. The predicted octanol–water partition coefficient (Wildman–Crippen LogP) is 4.31. The third-order valence-corrected chi connectivity index (χ3v) is 4.39. The third kappa shape index (κ3) is 3.46. The number of benzene rings is 2.